The van der Waals surface area contributed by atoms with Crippen LogP contribution in [0.4, 0.5) is 20.2 Å². The lowest BCUT2D eigenvalue weighted by molar-refractivity contribution is 0.343. The van der Waals surface area contributed by atoms with E-state index in [0.29, 0.717) is 17.2 Å². The van der Waals surface area contributed by atoms with Crippen molar-refractivity contribution < 1.29 is 21.9 Å². The van der Waals surface area contributed by atoms with E-state index in [2.05, 4.69) is 26.8 Å². The number of anilines is 2. The van der Waals surface area contributed by atoms with Gasteiger partial charge in [0.2, 0.25) is 0 Å². The lowest BCUT2D eigenvalue weighted by Crippen LogP contribution is -2.49. The van der Waals surface area contributed by atoms with E-state index in [-0.39, 0.29) is 54.3 Å². The van der Waals surface area contributed by atoms with Crippen LogP contribution < -0.4 is 25.2 Å². The fourth-order valence-corrected chi connectivity index (χ4v) is 6.74. The molecule has 0 aliphatic carbocycles. The van der Waals surface area contributed by atoms with Crippen molar-refractivity contribution in [3.05, 3.63) is 82.7 Å². The predicted molar refractivity (Wildman–Crippen MR) is 169 cm³/mol. The third-order valence-corrected chi connectivity index (χ3v) is 9.29. The number of aromatic nitrogens is 2. The Hall–Kier alpha value is -4.29. The van der Waals surface area contributed by atoms with Crippen LogP contribution >= 0.6 is 12.4 Å². The molecular weight excluding hydrogens is 628 g/mol. The highest BCUT2D eigenvalue weighted by Gasteiger charge is 2.32. The van der Waals surface area contributed by atoms with Crippen molar-refractivity contribution in [1.82, 2.24) is 19.2 Å². The summed E-state index contributed by atoms with van der Waals surface area (Å²) in [4.78, 5) is 20.2. The molecule has 3 aromatic carbocycles. The summed E-state index contributed by atoms with van der Waals surface area (Å²) in [6.07, 6.45) is 0.201. The van der Waals surface area contributed by atoms with E-state index in [1.165, 1.54) is 29.1 Å². The average Bonchev–Trinajstić information content (AvgIpc) is 3.47. The first-order valence-electron chi connectivity index (χ1n) is 14.1. The zero-order valence-electron chi connectivity index (χ0n) is 24.1. The number of hydrogen-bond acceptors (Lipinski definition) is 8. The topological polar surface area (TPSA) is 133 Å². The summed E-state index contributed by atoms with van der Waals surface area (Å²) in [5, 5.41) is 13.4. The molecule has 0 unspecified atom stereocenters. The smallest absolute Gasteiger partial charge is 0.301 e. The maximum absolute atomic E-state index is 15.0. The Morgan fingerprint density at radius 1 is 1.11 bits per heavy atom. The molecular formula is C30H30ClF2N7O4S. The average molecular weight is 658 g/mol. The highest BCUT2D eigenvalue weighted by atomic mass is 35.5. The third kappa shape index (κ3) is 6.43. The molecule has 11 nitrogen and oxygen atoms in total. The van der Waals surface area contributed by atoms with Gasteiger partial charge in [0.15, 0.2) is 11.6 Å². The number of ether oxygens (including phenoxy) is 1. The molecule has 2 fully saturated rings. The Labute approximate surface area is 264 Å². The zero-order chi connectivity index (χ0) is 31.0. The molecule has 236 valence electrons. The van der Waals surface area contributed by atoms with Crippen LogP contribution in [0.2, 0.25) is 0 Å². The second-order valence-electron chi connectivity index (χ2n) is 10.7. The van der Waals surface area contributed by atoms with Crippen molar-refractivity contribution in [1.29, 1.82) is 5.26 Å². The van der Waals surface area contributed by atoms with E-state index in [0.717, 1.165) is 41.8 Å². The number of benzene rings is 3. The summed E-state index contributed by atoms with van der Waals surface area (Å²) in [6, 6.07) is 16.2. The van der Waals surface area contributed by atoms with Crippen LogP contribution in [0.5, 0.6) is 11.5 Å². The molecule has 2 N–H and O–H groups in total. The molecule has 6 rings (SSSR count). The first-order chi connectivity index (χ1) is 21.1. The van der Waals surface area contributed by atoms with Gasteiger partial charge in [0, 0.05) is 44.5 Å². The monoisotopic (exact) mass is 657 g/mol. The summed E-state index contributed by atoms with van der Waals surface area (Å²) in [5.41, 5.74) is 1.01. The van der Waals surface area contributed by atoms with Gasteiger partial charge in [-0.2, -0.15) is 18.0 Å². The maximum atomic E-state index is 15.0. The van der Waals surface area contributed by atoms with Crippen LogP contribution in [0.3, 0.4) is 0 Å². The summed E-state index contributed by atoms with van der Waals surface area (Å²) in [5.74, 6) is -1.41. The van der Waals surface area contributed by atoms with Crippen molar-refractivity contribution in [2.75, 3.05) is 42.3 Å². The Morgan fingerprint density at radius 3 is 2.56 bits per heavy atom. The lowest BCUT2D eigenvalue weighted by atomic mass is 10.1. The van der Waals surface area contributed by atoms with Gasteiger partial charge in [0.25, 0.3) is 5.56 Å². The van der Waals surface area contributed by atoms with Gasteiger partial charge in [-0.1, -0.05) is 0 Å². The summed E-state index contributed by atoms with van der Waals surface area (Å²) in [6.45, 7) is 4.47. The minimum absolute atomic E-state index is 0. The lowest BCUT2D eigenvalue weighted by Gasteiger charge is -2.36. The quantitative estimate of drug-likeness (QED) is 0.304. The minimum Gasteiger partial charge on any atom is -0.453 e. The summed E-state index contributed by atoms with van der Waals surface area (Å²) in [7, 11) is -4.20. The van der Waals surface area contributed by atoms with Crippen molar-refractivity contribution in [3.63, 3.8) is 0 Å². The van der Waals surface area contributed by atoms with E-state index in [9.17, 15) is 27.3 Å². The van der Waals surface area contributed by atoms with Gasteiger partial charge >= 0.3 is 10.2 Å². The van der Waals surface area contributed by atoms with E-state index in [1.54, 1.807) is 6.07 Å². The Morgan fingerprint density at radius 2 is 1.87 bits per heavy atom. The first-order valence-corrected chi connectivity index (χ1v) is 15.5. The van der Waals surface area contributed by atoms with Crippen molar-refractivity contribution in [2.24, 2.45) is 0 Å². The minimum atomic E-state index is -4.20. The van der Waals surface area contributed by atoms with Crippen LogP contribution in [-0.4, -0.2) is 67.2 Å². The number of fused-ring (bicyclic) bond motifs is 1. The molecule has 1 aromatic heterocycles. The summed E-state index contributed by atoms with van der Waals surface area (Å²) >= 11 is 0. The number of alkyl halides is 1. The van der Waals surface area contributed by atoms with Crippen LogP contribution in [0.25, 0.3) is 16.6 Å². The van der Waals surface area contributed by atoms with E-state index in [1.807, 2.05) is 24.3 Å². The second kappa shape index (κ2) is 13.0. The SMILES string of the molecule is C[C@H]1CNCCN1c1ccc(-n2cnc3ccc(Oc4c(F)ccc(NS(=O)(=O)N5CC[C@@H](F)C5)c4C#N)cc3c2=O)cc1.Cl. The fourth-order valence-electron chi connectivity index (χ4n) is 5.46. The summed E-state index contributed by atoms with van der Waals surface area (Å²) < 4.78 is 64.4. The van der Waals surface area contributed by atoms with Crippen LogP contribution in [-0.2, 0) is 10.2 Å². The van der Waals surface area contributed by atoms with Gasteiger partial charge in [-0.25, -0.2) is 13.8 Å². The standard InChI is InChI=1S/C30H29F2N7O4S.ClH/c1-19-16-34-11-13-38(19)21-2-4-22(5-3-21)39-18-35-27-8-6-23(14-24(27)30(39)40)43-29-25(15-33)28(9-7-26(29)32)36-44(41,42)37-12-10-20(31)17-37;/h2-9,14,18-20,34,36H,10-13,16-17H2,1H3;1H/t19-,20+;/m0./s1. The molecule has 0 spiro atoms. The van der Waals surface area contributed by atoms with Crippen LogP contribution in [0.15, 0.2) is 65.7 Å². The van der Waals surface area contributed by atoms with Gasteiger partial charge in [-0.05, 0) is 67.9 Å². The molecule has 0 radical (unpaired) electrons. The number of hydrogen-bond donors (Lipinski definition) is 2. The van der Waals surface area contributed by atoms with E-state index < -0.39 is 33.5 Å². The molecule has 2 atom stereocenters. The number of halogens is 3. The second-order valence-corrected chi connectivity index (χ2v) is 12.4. The highest BCUT2D eigenvalue weighted by molar-refractivity contribution is 7.90. The molecule has 15 heteroatoms. The van der Waals surface area contributed by atoms with Gasteiger partial charge in [-0.15, -0.1) is 12.4 Å². The third-order valence-electron chi connectivity index (χ3n) is 7.80. The maximum Gasteiger partial charge on any atom is 0.301 e. The number of piperazine rings is 1. The van der Waals surface area contributed by atoms with Crippen molar-refractivity contribution >= 4 is 44.9 Å². The normalized spacial score (nSPS) is 18.8. The van der Waals surface area contributed by atoms with Crippen LogP contribution in [0, 0.1) is 17.1 Å². The van der Waals surface area contributed by atoms with Crippen molar-refractivity contribution in [2.45, 2.75) is 25.6 Å². The van der Waals surface area contributed by atoms with Gasteiger partial charge < -0.3 is 15.0 Å². The molecule has 0 bridgehead atoms. The number of nitriles is 1. The van der Waals surface area contributed by atoms with Crippen LogP contribution in [0.1, 0.15) is 18.9 Å². The molecule has 0 saturated carbocycles. The number of nitrogens with zero attached hydrogens (tertiary/aromatic N) is 5. The molecule has 2 saturated heterocycles. The number of nitrogens with one attached hydrogen (secondary N) is 2. The largest absolute Gasteiger partial charge is 0.453 e. The van der Waals surface area contributed by atoms with Gasteiger partial charge in [-0.3, -0.25) is 14.1 Å². The Balaban J connectivity index is 0.00000400. The zero-order valence-corrected chi connectivity index (χ0v) is 25.7. The molecule has 4 aromatic rings. The van der Waals surface area contributed by atoms with E-state index in [4.69, 9.17) is 4.74 Å². The molecule has 2 aliphatic rings. The predicted octanol–water partition coefficient (Wildman–Crippen LogP) is 4.11. The van der Waals surface area contributed by atoms with Gasteiger partial charge in [0.05, 0.1) is 22.3 Å². The number of rotatable bonds is 7. The van der Waals surface area contributed by atoms with Crippen molar-refractivity contribution in [3.8, 4) is 23.3 Å². The molecule has 0 amide bonds. The Bertz CT molecular complexity index is 1940. The molecule has 2 aliphatic heterocycles. The highest BCUT2D eigenvalue weighted by Crippen LogP contribution is 2.34. The van der Waals surface area contributed by atoms with Gasteiger partial charge in [0.1, 0.15) is 29.9 Å². The fraction of sp³-hybridized carbons (Fsp3) is 0.300. The Kier molecular flexibility index (Phi) is 9.26. The molecule has 45 heavy (non-hydrogen) atoms. The first kappa shape index (κ1) is 32.1. The van der Waals surface area contributed by atoms with E-state index >= 15 is 0 Å². The molecule has 3 heterocycles.